The van der Waals surface area contributed by atoms with Crippen LogP contribution >= 0.6 is 0 Å². The number of ether oxygens (including phenoxy) is 1. The summed E-state index contributed by atoms with van der Waals surface area (Å²) < 4.78 is 5.04. The molecule has 1 aromatic carbocycles. The molecule has 3 heteroatoms. The molecular formula is C11H16O3. The average molecular weight is 196 g/mol. The van der Waals surface area contributed by atoms with Gasteiger partial charge in [0.2, 0.25) is 0 Å². The maximum Gasteiger partial charge on any atom is 0.161 e. The van der Waals surface area contributed by atoms with Gasteiger partial charge in [0.15, 0.2) is 11.5 Å². The average Bonchev–Trinajstić information content (AvgIpc) is 2.21. The Morgan fingerprint density at radius 3 is 2.57 bits per heavy atom. The molecule has 0 aliphatic rings. The number of aliphatic hydroxyl groups excluding tert-OH is 1. The number of aryl methyl sites for hydroxylation is 1. The fourth-order valence-corrected chi connectivity index (χ4v) is 1.40. The summed E-state index contributed by atoms with van der Waals surface area (Å²) in [6.07, 6.45) is 1.34. The predicted octanol–water partition coefficient (Wildman–Crippen LogP) is 1.50. The first-order valence-electron chi connectivity index (χ1n) is 4.72. The molecular weight excluding hydrogens is 180 g/mol. The second-order valence-electron chi connectivity index (χ2n) is 3.13. The van der Waals surface area contributed by atoms with E-state index in [1.807, 2.05) is 19.1 Å². The van der Waals surface area contributed by atoms with Gasteiger partial charge >= 0.3 is 0 Å². The van der Waals surface area contributed by atoms with E-state index in [0.29, 0.717) is 12.2 Å². The zero-order valence-electron chi connectivity index (χ0n) is 8.58. The third-order valence-electron chi connectivity index (χ3n) is 2.22. The highest BCUT2D eigenvalue weighted by atomic mass is 16.5. The number of benzene rings is 1. The number of phenolic OH excluding ortho intramolecular Hbond substituents is 1. The molecule has 0 aliphatic heterocycles. The van der Waals surface area contributed by atoms with Crippen molar-refractivity contribution in [3.8, 4) is 11.5 Å². The minimum Gasteiger partial charge on any atom is -0.504 e. The lowest BCUT2D eigenvalue weighted by Gasteiger charge is -2.10. The Hall–Kier alpha value is -1.22. The molecule has 1 aromatic rings. The normalized spacial score (nSPS) is 10.2. The first-order chi connectivity index (χ1) is 6.72. The van der Waals surface area contributed by atoms with Gasteiger partial charge in [-0.25, -0.2) is 0 Å². The topological polar surface area (TPSA) is 49.7 Å². The van der Waals surface area contributed by atoms with Gasteiger partial charge in [-0.1, -0.05) is 13.0 Å². The molecule has 78 valence electrons. The SMILES string of the molecule is CCc1cc(CCO)c(O)c(OC)c1. The highest BCUT2D eigenvalue weighted by Gasteiger charge is 2.09. The van der Waals surface area contributed by atoms with E-state index < -0.39 is 0 Å². The van der Waals surface area contributed by atoms with E-state index >= 15 is 0 Å². The predicted molar refractivity (Wildman–Crippen MR) is 54.8 cm³/mol. The lowest BCUT2D eigenvalue weighted by molar-refractivity contribution is 0.296. The summed E-state index contributed by atoms with van der Waals surface area (Å²) in [7, 11) is 1.53. The molecule has 0 aliphatic carbocycles. The fourth-order valence-electron chi connectivity index (χ4n) is 1.40. The molecule has 0 atom stereocenters. The lowest BCUT2D eigenvalue weighted by Crippen LogP contribution is -1.96. The van der Waals surface area contributed by atoms with E-state index in [-0.39, 0.29) is 12.4 Å². The van der Waals surface area contributed by atoms with E-state index in [0.717, 1.165) is 17.5 Å². The standard InChI is InChI=1S/C11H16O3/c1-3-8-6-9(4-5-12)11(13)10(7-8)14-2/h6-7,12-13H,3-5H2,1-2H3. The number of aliphatic hydroxyl groups is 1. The first kappa shape index (κ1) is 10.9. The smallest absolute Gasteiger partial charge is 0.161 e. The van der Waals surface area contributed by atoms with Crippen molar-refractivity contribution in [2.75, 3.05) is 13.7 Å². The summed E-state index contributed by atoms with van der Waals surface area (Å²) in [6.45, 7) is 2.07. The molecule has 0 radical (unpaired) electrons. The molecule has 0 unspecified atom stereocenters. The van der Waals surface area contributed by atoms with Gasteiger partial charge in [-0.15, -0.1) is 0 Å². The maximum atomic E-state index is 9.70. The summed E-state index contributed by atoms with van der Waals surface area (Å²) >= 11 is 0. The first-order valence-corrected chi connectivity index (χ1v) is 4.72. The van der Waals surface area contributed by atoms with Gasteiger partial charge in [0, 0.05) is 12.2 Å². The summed E-state index contributed by atoms with van der Waals surface area (Å²) in [6, 6.07) is 3.71. The molecule has 3 nitrogen and oxygen atoms in total. The van der Waals surface area contributed by atoms with Gasteiger partial charge < -0.3 is 14.9 Å². The Kier molecular flexibility index (Phi) is 3.77. The largest absolute Gasteiger partial charge is 0.504 e. The van der Waals surface area contributed by atoms with Crippen LogP contribution in [0.25, 0.3) is 0 Å². The number of hydrogen-bond donors (Lipinski definition) is 2. The van der Waals surface area contributed by atoms with Gasteiger partial charge in [-0.2, -0.15) is 0 Å². The fraction of sp³-hybridized carbons (Fsp3) is 0.455. The van der Waals surface area contributed by atoms with Gasteiger partial charge in [-0.05, 0) is 24.5 Å². The molecule has 0 fully saturated rings. The van der Waals surface area contributed by atoms with Crippen molar-refractivity contribution in [3.05, 3.63) is 23.3 Å². The van der Waals surface area contributed by atoms with E-state index in [2.05, 4.69) is 0 Å². The number of phenols is 1. The second kappa shape index (κ2) is 4.86. The number of methoxy groups -OCH3 is 1. The molecule has 0 aromatic heterocycles. The van der Waals surface area contributed by atoms with E-state index in [1.165, 1.54) is 7.11 Å². The second-order valence-corrected chi connectivity index (χ2v) is 3.13. The molecule has 0 bridgehead atoms. The number of aromatic hydroxyl groups is 1. The van der Waals surface area contributed by atoms with Gasteiger partial charge in [0.05, 0.1) is 7.11 Å². The monoisotopic (exact) mass is 196 g/mol. The zero-order valence-corrected chi connectivity index (χ0v) is 8.58. The van der Waals surface area contributed by atoms with Crippen LogP contribution in [0.3, 0.4) is 0 Å². The third-order valence-corrected chi connectivity index (χ3v) is 2.22. The number of hydrogen-bond acceptors (Lipinski definition) is 3. The van der Waals surface area contributed by atoms with Crippen molar-refractivity contribution in [1.29, 1.82) is 0 Å². The van der Waals surface area contributed by atoms with Crippen LogP contribution in [0, 0.1) is 0 Å². The van der Waals surface area contributed by atoms with Crippen molar-refractivity contribution >= 4 is 0 Å². The Morgan fingerprint density at radius 1 is 1.36 bits per heavy atom. The van der Waals surface area contributed by atoms with Crippen LogP contribution in [-0.4, -0.2) is 23.9 Å². The van der Waals surface area contributed by atoms with E-state index in [9.17, 15) is 5.11 Å². The molecule has 0 saturated heterocycles. The number of rotatable bonds is 4. The molecule has 0 saturated carbocycles. The summed E-state index contributed by atoms with van der Waals surface area (Å²) in [5, 5.41) is 18.5. The third kappa shape index (κ3) is 2.17. The molecule has 0 heterocycles. The minimum absolute atomic E-state index is 0.0316. The van der Waals surface area contributed by atoms with Crippen LogP contribution in [0.15, 0.2) is 12.1 Å². The molecule has 0 spiro atoms. The van der Waals surface area contributed by atoms with Crippen LogP contribution in [0.1, 0.15) is 18.1 Å². The van der Waals surface area contributed by atoms with Crippen LogP contribution < -0.4 is 4.74 Å². The van der Waals surface area contributed by atoms with Gasteiger partial charge in [-0.3, -0.25) is 0 Å². The zero-order chi connectivity index (χ0) is 10.6. The molecule has 1 rings (SSSR count). The molecule has 2 N–H and O–H groups in total. The Bertz CT molecular complexity index is 308. The maximum absolute atomic E-state index is 9.70. The Morgan fingerprint density at radius 2 is 2.07 bits per heavy atom. The summed E-state index contributed by atoms with van der Waals surface area (Å²) in [5.41, 5.74) is 1.84. The van der Waals surface area contributed by atoms with Crippen molar-refractivity contribution in [3.63, 3.8) is 0 Å². The lowest BCUT2D eigenvalue weighted by atomic mass is 10.0. The van der Waals surface area contributed by atoms with Crippen molar-refractivity contribution in [2.45, 2.75) is 19.8 Å². The minimum atomic E-state index is 0.0316. The van der Waals surface area contributed by atoms with Gasteiger partial charge in [0.1, 0.15) is 0 Å². The summed E-state index contributed by atoms with van der Waals surface area (Å²) in [5.74, 6) is 0.617. The highest BCUT2D eigenvalue weighted by molar-refractivity contribution is 5.48. The van der Waals surface area contributed by atoms with Crippen molar-refractivity contribution in [1.82, 2.24) is 0 Å². The quantitative estimate of drug-likeness (QED) is 0.767. The van der Waals surface area contributed by atoms with E-state index in [4.69, 9.17) is 9.84 Å². The van der Waals surface area contributed by atoms with Crippen LogP contribution in [0.2, 0.25) is 0 Å². The van der Waals surface area contributed by atoms with Crippen LogP contribution in [-0.2, 0) is 12.8 Å². The van der Waals surface area contributed by atoms with Crippen molar-refractivity contribution < 1.29 is 14.9 Å². The molecule has 0 amide bonds. The van der Waals surface area contributed by atoms with Crippen molar-refractivity contribution in [2.24, 2.45) is 0 Å². The Balaban J connectivity index is 3.12. The van der Waals surface area contributed by atoms with E-state index in [1.54, 1.807) is 0 Å². The summed E-state index contributed by atoms with van der Waals surface area (Å²) in [4.78, 5) is 0. The van der Waals surface area contributed by atoms with Crippen LogP contribution in [0.4, 0.5) is 0 Å². The highest BCUT2D eigenvalue weighted by Crippen LogP contribution is 2.31. The molecule has 14 heavy (non-hydrogen) atoms. The van der Waals surface area contributed by atoms with Gasteiger partial charge in [0.25, 0.3) is 0 Å². The Labute approximate surface area is 84.0 Å². The van der Waals surface area contributed by atoms with Crippen LogP contribution in [0.5, 0.6) is 11.5 Å².